The first-order valence-electron chi connectivity index (χ1n) is 5.72. The molecular formula is C11H20NO3P. The normalized spacial score (nSPS) is 24.1. The van der Waals surface area contributed by atoms with E-state index < -0.39 is 12.9 Å². The molecule has 1 rings (SSSR count). The zero-order valence-corrected chi connectivity index (χ0v) is 11.1. The molecule has 0 bridgehead atoms. The van der Waals surface area contributed by atoms with Crippen LogP contribution in [0.15, 0.2) is 17.6 Å². The Morgan fingerprint density at radius 2 is 1.94 bits per heavy atom. The molecule has 16 heavy (non-hydrogen) atoms. The van der Waals surface area contributed by atoms with Crippen molar-refractivity contribution in [2.75, 3.05) is 13.2 Å². The van der Waals surface area contributed by atoms with Crippen molar-refractivity contribution in [3.8, 4) is 0 Å². The third-order valence-electron chi connectivity index (χ3n) is 2.51. The van der Waals surface area contributed by atoms with E-state index in [1.807, 2.05) is 6.92 Å². The lowest BCUT2D eigenvalue weighted by molar-refractivity contribution is 0.209. The molecule has 1 unspecified atom stereocenters. The van der Waals surface area contributed by atoms with Crippen molar-refractivity contribution in [3.05, 3.63) is 12.7 Å². The highest BCUT2D eigenvalue weighted by Gasteiger charge is 2.61. The summed E-state index contributed by atoms with van der Waals surface area (Å²) < 4.78 is 23.4. The lowest BCUT2D eigenvalue weighted by Gasteiger charge is -2.24. The Bertz CT molecular complexity index is 330. The van der Waals surface area contributed by atoms with Gasteiger partial charge in [-0.3, -0.25) is 9.56 Å². The number of hydrogen-bond acceptors (Lipinski definition) is 4. The van der Waals surface area contributed by atoms with Crippen LogP contribution in [0.3, 0.4) is 0 Å². The van der Waals surface area contributed by atoms with Crippen molar-refractivity contribution in [2.24, 2.45) is 4.99 Å². The van der Waals surface area contributed by atoms with Crippen LogP contribution in [-0.4, -0.2) is 24.2 Å². The van der Waals surface area contributed by atoms with Crippen LogP contribution in [0, 0.1) is 0 Å². The molecule has 92 valence electrons. The SMILES string of the molecule is C=CC1=NC1(CCC)P(=O)(OCC)OCC. The number of hydrogen-bond donors (Lipinski definition) is 0. The molecule has 0 radical (unpaired) electrons. The van der Waals surface area contributed by atoms with Gasteiger partial charge in [-0.15, -0.1) is 0 Å². The summed E-state index contributed by atoms with van der Waals surface area (Å²) in [6.45, 7) is 10.0. The Kier molecular flexibility index (Phi) is 4.48. The van der Waals surface area contributed by atoms with Gasteiger partial charge in [0.15, 0.2) is 0 Å². The van der Waals surface area contributed by atoms with Crippen molar-refractivity contribution in [3.63, 3.8) is 0 Å². The Morgan fingerprint density at radius 3 is 2.25 bits per heavy atom. The first kappa shape index (κ1) is 13.6. The second-order valence-corrected chi connectivity index (χ2v) is 5.85. The molecule has 0 amide bonds. The second kappa shape index (κ2) is 5.26. The molecule has 0 N–H and O–H groups in total. The molecule has 0 aromatic heterocycles. The number of rotatable bonds is 8. The zero-order valence-electron chi connectivity index (χ0n) is 10.2. The van der Waals surface area contributed by atoms with Gasteiger partial charge >= 0.3 is 7.60 Å². The summed E-state index contributed by atoms with van der Waals surface area (Å²) in [4.78, 5) is 4.29. The van der Waals surface area contributed by atoms with Crippen molar-refractivity contribution in [2.45, 2.75) is 38.9 Å². The summed E-state index contributed by atoms with van der Waals surface area (Å²) in [6.07, 6.45) is 3.21. The fraction of sp³-hybridized carbons (Fsp3) is 0.727. The molecule has 0 fully saturated rings. The molecule has 1 aliphatic rings. The van der Waals surface area contributed by atoms with Crippen LogP contribution >= 0.6 is 7.60 Å². The number of nitrogens with zero attached hydrogens (tertiary/aromatic N) is 1. The van der Waals surface area contributed by atoms with Gasteiger partial charge in [-0.05, 0) is 26.3 Å². The van der Waals surface area contributed by atoms with Gasteiger partial charge in [0.25, 0.3) is 0 Å². The standard InChI is InChI=1S/C11H20NO3P/c1-5-9-11(10(6-2)12-11)16(13,14-7-3)15-8-4/h6H,2,5,7-9H2,1,3-4H3. The lowest BCUT2D eigenvalue weighted by atomic mass is 10.2. The summed E-state index contributed by atoms with van der Waals surface area (Å²) in [6, 6.07) is 0. The van der Waals surface area contributed by atoms with E-state index >= 15 is 0 Å². The van der Waals surface area contributed by atoms with Crippen LogP contribution in [0.25, 0.3) is 0 Å². The Labute approximate surface area is 97.3 Å². The highest BCUT2D eigenvalue weighted by atomic mass is 31.2. The first-order valence-corrected chi connectivity index (χ1v) is 7.26. The van der Waals surface area contributed by atoms with Crippen LogP contribution in [0.4, 0.5) is 0 Å². The Balaban J connectivity index is 2.91. The highest BCUT2D eigenvalue weighted by Crippen LogP contribution is 2.68. The molecule has 0 aromatic rings. The molecule has 1 atom stereocenters. The van der Waals surface area contributed by atoms with E-state index in [-0.39, 0.29) is 0 Å². The maximum atomic E-state index is 12.6. The maximum absolute atomic E-state index is 12.6. The maximum Gasteiger partial charge on any atom is 0.364 e. The molecule has 5 heteroatoms. The molecule has 4 nitrogen and oxygen atoms in total. The summed E-state index contributed by atoms with van der Waals surface area (Å²) in [5.74, 6) is 0. The van der Waals surface area contributed by atoms with E-state index in [0.717, 1.165) is 12.1 Å². The smallest absolute Gasteiger partial charge is 0.307 e. The van der Waals surface area contributed by atoms with Gasteiger partial charge in [0.1, 0.15) is 0 Å². The minimum absolute atomic E-state index is 0.364. The average molecular weight is 245 g/mol. The predicted octanol–water partition coefficient (Wildman–Crippen LogP) is 3.39. The van der Waals surface area contributed by atoms with Gasteiger partial charge in [-0.1, -0.05) is 19.9 Å². The lowest BCUT2D eigenvalue weighted by Crippen LogP contribution is -2.21. The third kappa shape index (κ3) is 2.15. The van der Waals surface area contributed by atoms with Crippen molar-refractivity contribution < 1.29 is 13.6 Å². The molecule has 0 aliphatic carbocycles. The molecule has 0 saturated carbocycles. The summed E-state index contributed by atoms with van der Waals surface area (Å²) in [7, 11) is -3.18. The van der Waals surface area contributed by atoms with Crippen molar-refractivity contribution >= 4 is 13.3 Å². The van der Waals surface area contributed by atoms with Gasteiger partial charge in [0.05, 0.1) is 18.9 Å². The van der Waals surface area contributed by atoms with E-state index in [2.05, 4.69) is 11.6 Å². The molecule has 1 aliphatic heterocycles. The fourth-order valence-electron chi connectivity index (χ4n) is 1.84. The largest absolute Gasteiger partial charge is 0.364 e. The summed E-state index contributed by atoms with van der Waals surface area (Å²) in [5.41, 5.74) is 0.750. The second-order valence-electron chi connectivity index (χ2n) is 3.60. The van der Waals surface area contributed by atoms with E-state index in [4.69, 9.17) is 9.05 Å². The molecule has 0 spiro atoms. The van der Waals surface area contributed by atoms with Crippen molar-refractivity contribution in [1.29, 1.82) is 0 Å². The Morgan fingerprint density at radius 1 is 1.38 bits per heavy atom. The third-order valence-corrected chi connectivity index (χ3v) is 5.16. The van der Waals surface area contributed by atoms with Gasteiger partial charge in [-0.25, -0.2) is 0 Å². The quantitative estimate of drug-likeness (QED) is 0.616. The molecule has 1 heterocycles. The van der Waals surface area contributed by atoms with Crippen LogP contribution < -0.4 is 0 Å². The van der Waals surface area contributed by atoms with E-state index in [1.54, 1.807) is 19.9 Å². The van der Waals surface area contributed by atoms with Crippen LogP contribution in [-0.2, 0) is 13.6 Å². The van der Waals surface area contributed by atoms with Gasteiger partial charge in [0.2, 0.25) is 5.28 Å². The minimum atomic E-state index is -3.18. The molecule has 0 saturated heterocycles. The molecule has 0 aromatic carbocycles. The summed E-state index contributed by atoms with van der Waals surface area (Å²) in [5, 5.41) is -0.741. The highest BCUT2D eigenvalue weighted by molar-refractivity contribution is 7.57. The van der Waals surface area contributed by atoms with Crippen LogP contribution in [0.2, 0.25) is 0 Å². The van der Waals surface area contributed by atoms with Gasteiger partial charge in [-0.2, -0.15) is 0 Å². The first-order chi connectivity index (χ1) is 7.60. The van der Waals surface area contributed by atoms with Crippen LogP contribution in [0.1, 0.15) is 33.6 Å². The van der Waals surface area contributed by atoms with E-state index in [1.165, 1.54) is 0 Å². The van der Waals surface area contributed by atoms with E-state index in [9.17, 15) is 4.57 Å². The van der Waals surface area contributed by atoms with E-state index in [0.29, 0.717) is 19.6 Å². The zero-order chi connectivity index (χ0) is 12.2. The Hall–Kier alpha value is -0.440. The van der Waals surface area contributed by atoms with Gasteiger partial charge < -0.3 is 9.05 Å². The summed E-state index contributed by atoms with van der Waals surface area (Å²) >= 11 is 0. The molecular weight excluding hydrogens is 225 g/mol. The monoisotopic (exact) mass is 245 g/mol. The van der Waals surface area contributed by atoms with Crippen LogP contribution in [0.5, 0.6) is 0 Å². The minimum Gasteiger partial charge on any atom is -0.307 e. The van der Waals surface area contributed by atoms with Crippen molar-refractivity contribution in [1.82, 2.24) is 0 Å². The topological polar surface area (TPSA) is 47.9 Å². The predicted molar refractivity (Wildman–Crippen MR) is 66.1 cm³/mol. The fourth-order valence-corrected chi connectivity index (χ4v) is 4.12. The van der Waals surface area contributed by atoms with Gasteiger partial charge in [0, 0.05) is 0 Å². The number of aliphatic imine (C=N–C) groups is 1. The average Bonchev–Trinajstić information content (AvgIpc) is 2.95.